The maximum Gasteiger partial charge on any atom is 0.272 e. The van der Waals surface area contributed by atoms with Crippen molar-refractivity contribution in [2.24, 2.45) is 0 Å². The van der Waals surface area contributed by atoms with E-state index in [4.69, 9.17) is 4.74 Å². The maximum atomic E-state index is 13.0. The highest BCUT2D eigenvalue weighted by Crippen LogP contribution is 2.27. The summed E-state index contributed by atoms with van der Waals surface area (Å²) < 4.78 is 5.36. The lowest BCUT2D eigenvalue weighted by molar-refractivity contribution is 0.0642. The third kappa shape index (κ3) is 2.95. The van der Waals surface area contributed by atoms with E-state index in [0.29, 0.717) is 18.7 Å². The van der Waals surface area contributed by atoms with Crippen molar-refractivity contribution in [2.45, 2.75) is 18.6 Å². The fourth-order valence-corrected chi connectivity index (χ4v) is 3.25. The molecule has 24 heavy (non-hydrogen) atoms. The van der Waals surface area contributed by atoms with Gasteiger partial charge in [-0.15, -0.1) is 0 Å². The fraction of sp³-hybridized carbons (Fsp3) is 0.444. The minimum absolute atomic E-state index is 0.0418. The summed E-state index contributed by atoms with van der Waals surface area (Å²) in [6.07, 6.45) is 0.604. The first-order valence-corrected chi connectivity index (χ1v) is 8.07. The van der Waals surface area contributed by atoms with Crippen LogP contribution in [0.2, 0.25) is 0 Å². The van der Waals surface area contributed by atoms with Crippen molar-refractivity contribution >= 4 is 22.5 Å². The van der Waals surface area contributed by atoms with E-state index in [2.05, 4.69) is 4.98 Å². The van der Waals surface area contributed by atoms with E-state index in [1.54, 1.807) is 12.0 Å². The first-order chi connectivity index (χ1) is 11.5. The van der Waals surface area contributed by atoms with Crippen molar-refractivity contribution in [1.29, 1.82) is 0 Å². The number of hydrogen-bond acceptors (Lipinski definition) is 5. The molecule has 1 aromatic heterocycles. The van der Waals surface area contributed by atoms with Gasteiger partial charge in [-0.2, -0.15) is 0 Å². The van der Waals surface area contributed by atoms with Gasteiger partial charge in [0.25, 0.3) is 5.91 Å². The second-order valence-electron chi connectivity index (χ2n) is 6.33. The predicted octanol–water partition coefficient (Wildman–Crippen LogP) is 1.52. The van der Waals surface area contributed by atoms with E-state index in [0.717, 1.165) is 16.6 Å². The topological polar surface area (TPSA) is 65.9 Å². The van der Waals surface area contributed by atoms with Gasteiger partial charge >= 0.3 is 0 Å². The average molecular weight is 329 g/mol. The van der Waals surface area contributed by atoms with Crippen LogP contribution in [0.4, 0.5) is 5.69 Å². The molecule has 0 spiro atoms. The van der Waals surface area contributed by atoms with E-state index in [9.17, 15) is 9.90 Å². The summed E-state index contributed by atoms with van der Waals surface area (Å²) in [5, 5.41) is 10.6. The highest BCUT2D eigenvalue weighted by Gasteiger charge is 2.36. The largest absolute Gasteiger partial charge is 0.394 e. The lowest BCUT2D eigenvalue weighted by atomic mass is 10.1. The number of amides is 1. The number of hydrogen-bond donors (Lipinski definition) is 1. The Labute approximate surface area is 141 Å². The summed E-state index contributed by atoms with van der Waals surface area (Å²) in [6.45, 7) is 0.409. The predicted molar refractivity (Wildman–Crippen MR) is 93.4 cm³/mol. The number of rotatable bonds is 4. The standard InChI is InChI=1S/C18H23N3O3/c1-20(2)17-9-16(19-15-7-5-4-6-14(15)17)18(23)21-10-13(24-3)8-12(21)11-22/h4-7,9,12-13,22H,8,10-11H2,1-3H3/t12-,13+/m0/s1. The molecule has 0 bridgehead atoms. The number of para-hydroxylation sites is 1. The number of carbonyl (C=O) groups excluding carboxylic acids is 1. The van der Waals surface area contributed by atoms with Gasteiger partial charge in [-0.05, 0) is 18.6 Å². The lowest BCUT2D eigenvalue weighted by Gasteiger charge is -2.23. The van der Waals surface area contributed by atoms with Crippen LogP contribution >= 0.6 is 0 Å². The first kappa shape index (κ1) is 16.7. The van der Waals surface area contributed by atoms with Gasteiger partial charge in [0.15, 0.2) is 0 Å². The third-order valence-electron chi connectivity index (χ3n) is 4.58. The number of likely N-dealkylation sites (tertiary alicyclic amines) is 1. The zero-order valence-corrected chi connectivity index (χ0v) is 14.3. The number of ether oxygens (including phenoxy) is 1. The molecule has 1 aromatic carbocycles. The summed E-state index contributed by atoms with van der Waals surface area (Å²) in [7, 11) is 5.53. The minimum atomic E-state index is -0.224. The van der Waals surface area contributed by atoms with E-state index in [1.807, 2.05) is 49.3 Å². The number of anilines is 1. The van der Waals surface area contributed by atoms with Gasteiger partial charge in [0.1, 0.15) is 5.69 Å². The summed E-state index contributed by atoms with van der Waals surface area (Å²) in [6, 6.07) is 9.38. The minimum Gasteiger partial charge on any atom is -0.394 e. The van der Waals surface area contributed by atoms with Crippen molar-refractivity contribution < 1.29 is 14.6 Å². The van der Waals surface area contributed by atoms with Crippen LogP contribution in [0.15, 0.2) is 30.3 Å². The van der Waals surface area contributed by atoms with E-state index >= 15 is 0 Å². The van der Waals surface area contributed by atoms with Crippen LogP contribution in [0.3, 0.4) is 0 Å². The normalized spacial score (nSPS) is 20.6. The molecule has 1 N–H and O–H groups in total. The van der Waals surface area contributed by atoms with Crippen LogP contribution in [-0.2, 0) is 4.74 Å². The molecule has 3 rings (SSSR count). The molecule has 1 aliphatic heterocycles. The molecule has 1 fully saturated rings. The Morgan fingerprint density at radius 1 is 1.42 bits per heavy atom. The van der Waals surface area contributed by atoms with Crippen molar-refractivity contribution in [1.82, 2.24) is 9.88 Å². The highest BCUT2D eigenvalue weighted by atomic mass is 16.5. The number of methoxy groups -OCH3 is 1. The van der Waals surface area contributed by atoms with Crippen LogP contribution in [0.25, 0.3) is 10.9 Å². The summed E-state index contributed by atoms with van der Waals surface area (Å²) in [5.41, 5.74) is 2.13. The molecule has 0 radical (unpaired) electrons. The van der Waals surface area contributed by atoms with Gasteiger partial charge in [0.2, 0.25) is 0 Å². The number of carbonyl (C=O) groups is 1. The van der Waals surface area contributed by atoms with Crippen molar-refractivity contribution in [3.8, 4) is 0 Å². The number of pyridine rings is 1. The first-order valence-electron chi connectivity index (χ1n) is 8.07. The van der Waals surface area contributed by atoms with Crippen molar-refractivity contribution in [3.05, 3.63) is 36.0 Å². The van der Waals surface area contributed by atoms with Crippen LogP contribution in [-0.4, -0.2) is 67.4 Å². The average Bonchev–Trinajstić information content (AvgIpc) is 3.03. The molecule has 2 aromatic rings. The van der Waals surface area contributed by atoms with Gasteiger partial charge in [0, 0.05) is 38.8 Å². The van der Waals surface area contributed by atoms with Crippen molar-refractivity contribution in [3.63, 3.8) is 0 Å². The molecule has 128 valence electrons. The van der Waals surface area contributed by atoms with Gasteiger partial charge in [-0.3, -0.25) is 4.79 Å². The molecular formula is C18H23N3O3. The Balaban J connectivity index is 2.01. The lowest BCUT2D eigenvalue weighted by Crippen LogP contribution is -2.38. The molecule has 1 aliphatic rings. The molecule has 0 aliphatic carbocycles. The molecule has 0 saturated carbocycles. The fourth-order valence-electron chi connectivity index (χ4n) is 3.25. The summed E-state index contributed by atoms with van der Waals surface area (Å²) >= 11 is 0. The molecule has 6 nitrogen and oxygen atoms in total. The summed E-state index contributed by atoms with van der Waals surface area (Å²) in [4.78, 5) is 21.2. The Hall–Kier alpha value is -2.18. The van der Waals surface area contributed by atoms with Gasteiger partial charge in [-0.1, -0.05) is 18.2 Å². The quantitative estimate of drug-likeness (QED) is 0.921. The maximum absolute atomic E-state index is 13.0. The molecule has 0 unspecified atom stereocenters. The monoisotopic (exact) mass is 329 g/mol. The molecule has 2 heterocycles. The second-order valence-corrected chi connectivity index (χ2v) is 6.33. The molecular weight excluding hydrogens is 306 g/mol. The summed E-state index contributed by atoms with van der Waals surface area (Å²) in [5.74, 6) is -0.164. The van der Waals surface area contributed by atoms with Gasteiger partial charge in [0.05, 0.1) is 24.3 Å². The van der Waals surface area contributed by atoms with E-state index in [-0.39, 0.29) is 24.7 Å². The smallest absolute Gasteiger partial charge is 0.272 e. The Morgan fingerprint density at radius 3 is 2.83 bits per heavy atom. The number of fused-ring (bicyclic) bond motifs is 1. The number of aliphatic hydroxyl groups is 1. The molecule has 6 heteroatoms. The number of aromatic nitrogens is 1. The third-order valence-corrected chi connectivity index (χ3v) is 4.58. The zero-order chi connectivity index (χ0) is 17.3. The number of nitrogens with zero attached hydrogens (tertiary/aromatic N) is 3. The van der Waals surface area contributed by atoms with E-state index in [1.165, 1.54) is 0 Å². The van der Waals surface area contributed by atoms with Crippen LogP contribution in [0.5, 0.6) is 0 Å². The van der Waals surface area contributed by atoms with Gasteiger partial charge < -0.3 is 19.6 Å². The number of aliphatic hydroxyl groups excluding tert-OH is 1. The van der Waals surface area contributed by atoms with Crippen molar-refractivity contribution in [2.75, 3.05) is 39.3 Å². The molecule has 2 atom stereocenters. The van der Waals surface area contributed by atoms with Crippen LogP contribution in [0.1, 0.15) is 16.9 Å². The van der Waals surface area contributed by atoms with Gasteiger partial charge in [-0.25, -0.2) is 4.98 Å². The number of benzene rings is 1. The van der Waals surface area contributed by atoms with Crippen LogP contribution in [0, 0.1) is 0 Å². The molecule has 1 saturated heterocycles. The second kappa shape index (κ2) is 6.75. The molecule has 1 amide bonds. The Kier molecular flexibility index (Phi) is 4.69. The van der Waals surface area contributed by atoms with E-state index < -0.39 is 0 Å². The Morgan fingerprint density at radius 2 is 2.17 bits per heavy atom. The highest BCUT2D eigenvalue weighted by molar-refractivity contribution is 6.00. The SMILES string of the molecule is CO[C@@H]1C[C@@H](CO)N(C(=O)c2cc(N(C)C)c3ccccc3n2)C1. The van der Waals surface area contributed by atoms with Crippen LogP contribution < -0.4 is 4.90 Å². The zero-order valence-electron chi connectivity index (χ0n) is 14.3. The Bertz CT molecular complexity index is 747.